The molecule has 0 aliphatic carbocycles. The number of allylic oxidation sites excluding steroid dienone is 2. The number of carboxylic acid groups (broad SMARTS) is 1. The number of aliphatic carboxylic acids is 1. The van der Waals surface area contributed by atoms with E-state index in [1.165, 1.54) is 0 Å². The van der Waals surface area contributed by atoms with Crippen molar-refractivity contribution in [3.05, 3.63) is 24.3 Å². The van der Waals surface area contributed by atoms with E-state index in [-0.39, 0.29) is 30.8 Å². The summed E-state index contributed by atoms with van der Waals surface area (Å²) in [5, 5.41) is 18.7. The molecule has 0 amide bonds. The minimum Gasteiger partial charge on any atom is -0.481 e. The second-order valence-corrected chi connectivity index (χ2v) is 7.05. The van der Waals surface area contributed by atoms with Crippen molar-refractivity contribution in [1.29, 1.82) is 0 Å². The highest BCUT2D eigenvalue weighted by molar-refractivity contribution is 5.66. The van der Waals surface area contributed by atoms with Crippen LogP contribution in [-0.4, -0.2) is 40.8 Å². The molecule has 3 saturated heterocycles. The molecule has 0 aromatic heterocycles. The zero-order chi connectivity index (χ0) is 18.1. The monoisotopic (exact) mass is 352 g/mol. The van der Waals surface area contributed by atoms with Crippen LogP contribution < -0.4 is 0 Å². The first kappa shape index (κ1) is 20.1. The number of hydrogen-bond donors (Lipinski definition) is 2. The van der Waals surface area contributed by atoms with Crippen LogP contribution in [0.5, 0.6) is 0 Å². The van der Waals surface area contributed by atoms with Crippen LogP contribution >= 0.6 is 0 Å². The molecule has 0 saturated carbocycles. The Labute approximate surface area is 150 Å². The lowest BCUT2D eigenvalue weighted by atomic mass is 9.84. The van der Waals surface area contributed by atoms with E-state index in [1.54, 1.807) is 0 Å². The van der Waals surface area contributed by atoms with Crippen molar-refractivity contribution < 1.29 is 24.5 Å². The Morgan fingerprint density at radius 1 is 1.24 bits per heavy atom. The van der Waals surface area contributed by atoms with Gasteiger partial charge in [-0.15, -0.1) is 0 Å². The predicted molar refractivity (Wildman–Crippen MR) is 96.2 cm³/mol. The van der Waals surface area contributed by atoms with Gasteiger partial charge < -0.3 is 19.7 Å². The van der Waals surface area contributed by atoms with Crippen molar-refractivity contribution in [2.75, 3.05) is 0 Å². The van der Waals surface area contributed by atoms with Crippen LogP contribution in [0.3, 0.4) is 0 Å². The van der Waals surface area contributed by atoms with E-state index in [9.17, 15) is 9.90 Å². The molecular formula is C20H32O5. The van der Waals surface area contributed by atoms with E-state index in [4.69, 9.17) is 14.6 Å². The fraction of sp³-hybridized carbons (Fsp3) is 0.750. The fourth-order valence-corrected chi connectivity index (χ4v) is 3.38. The summed E-state index contributed by atoms with van der Waals surface area (Å²) in [6, 6.07) is 0. The highest BCUT2D eigenvalue weighted by Crippen LogP contribution is 2.40. The molecule has 0 aromatic carbocycles. The lowest BCUT2D eigenvalue weighted by Gasteiger charge is -2.49. The van der Waals surface area contributed by atoms with Crippen molar-refractivity contribution in [2.45, 2.75) is 89.3 Å². The maximum Gasteiger partial charge on any atom is 0.303 e. The van der Waals surface area contributed by atoms with Gasteiger partial charge in [0.25, 0.3) is 0 Å². The van der Waals surface area contributed by atoms with E-state index in [0.717, 1.165) is 44.9 Å². The molecule has 5 nitrogen and oxygen atoms in total. The molecule has 5 heteroatoms. The summed E-state index contributed by atoms with van der Waals surface area (Å²) in [4.78, 5) is 10.5. The summed E-state index contributed by atoms with van der Waals surface area (Å²) >= 11 is 0. The van der Waals surface area contributed by atoms with Crippen LogP contribution in [0.2, 0.25) is 0 Å². The SMILES string of the molecule is CCCCC[C@H](O)C=CC1OC2CC(O2)[C@@H]1CC=CCCCC(=O)O. The second kappa shape index (κ2) is 10.7. The number of hydrogen-bond acceptors (Lipinski definition) is 4. The van der Waals surface area contributed by atoms with Gasteiger partial charge >= 0.3 is 5.97 Å². The molecular weight excluding hydrogens is 320 g/mol. The minimum atomic E-state index is -0.745. The van der Waals surface area contributed by atoms with Crippen molar-refractivity contribution >= 4 is 5.97 Å². The van der Waals surface area contributed by atoms with Gasteiger partial charge in [0.05, 0.1) is 18.3 Å². The van der Waals surface area contributed by atoms with E-state index in [0.29, 0.717) is 6.42 Å². The van der Waals surface area contributed by atoms with Crippen LogP contribution in [0.15, 0.2) is 24.3 Å². The molecule has 3 rings (SSSR count). The molecule has 0 aromatic rings. The zero-order valence-corrected chi connectivity index (χ0v) is 15.2. The summed E-state index contributed by atoms with van der Waals surface area (Å²) in [6.45, 7) is 2.16. The number of rotatable bonds is 12. The first-order valence-corrected chi connectivity index (χ1v) is 9.64. The van der Waals surface area contributed by atoms with Gasteiger partial charge in [0.1, 0.15) is 0 Å². The molecule has 3 unspecified atom stereocenters. The molecule has 5 atom stereocenters. The van der Waals surface area contributed by atoms with Gasteiger partial charge in [0.15, 0.2) is 6.29 Å². The minimum absolute atomic E-state index is 0.0120. The number of carbonyl (C=O) groups is 1. The van der Waals surface area contributed by atoms with E-state index < -0.39 is 12.1 Å². The van der Waals surface area contributed by atoms with Crippen molar-refractivity contribution in [3.8, 4) is 0 Å². The van der Waals surface area contributed by atoms with Crippen molar-refractivity contribution in [2.24, 2.45) is 5.92 Å². The van der Waals surface area contributed by atoms with Gasteiger partial charge in [-0.25, -0.2) is 0 Å². The average Bonchev–Trinajstić information content (AvgIpc) is 2.55. The van der Waals surface area contributed by atoms with Crippen molar-refractivity contribution in [1.82, 2.24) is 0 Å². The summed E-state index contributed by atoms with van der Waals surface area (Å²) in [6.07, 6.45) is 15.4. The Morgan fingerprint density at radius 3 is 2.76 bits per heavy atom. The maximum absolute atomic E-state index is 10.5. The molecule has 3 aliphatic heterocycles. The quantitative estimate of drug-likeness (QED) is 0.412. The average molecular weight is 352 g/mol. The Morgan fingerprint density at radius 2 is 2.04 bits per heavy atom. The molecule has 2 bridgehead atoms. The third-order valence-electron chi connectivity index (χ3n) is 4.92. The van der Waals surface area contributed by atoms with Gasteiger partial charge in [0, 0.05) is 18.8 Å². The number of aliphatic hydroxyl groups is 1. The fourth-order valence-electron chi connectivity index (χ4n) is 3.38. The van der Waals surface area contributed by atoms with E-state index in [2.05, 4.69) is 13.0 Å². The standard InChI is InChI=1S/C20H32O5/c1-2-3-6-9-15(21)12-13-17-16(18-14-20(24-17)25-18)10-7-4-5-8-11-19(22)23/h4,7,12-13,15-18,20-21H,2-3,5-6,8-11,14H2,1H3,(H,22,23)/t15-,16+,17?,18?,20?/m0/s1. The third kappa shape index (κ3) is 6.92. The van der Waals surface area contributed by atoms with Crippen LogP contribution in [-0.2, 0) is 14.3 Å². The summed E-state index contributed by atoms with van der Waals surface area (Å²) in [5.74, 6) is -0.481. The molecule has 25 heavy (non-hydrogen) atoms. The van der Waals surface area contributed by atoms with Gasteiger partial charge in [0.2, 0.25) is 0 Å². The van der Waals surface area contributed by atoms with Gasteiger partial charge in [-0.05, 0) is 25.7 Å². The lowest BCUT2D eigenvalue weighted by Crippen LogP contribution is -2.55. The Hall–Kier alpha value is -1.17. The summed E-state index contributed by atoms with van der Waals surface area (Å²) < 4.78 is 11.6. The number of aliphatic hydroxyl groups excluding tert-OH is 1. The van der Waals surface area contributed by atoms with Crippen molar-refractivity contribution in [3.63, 3.8) is 0 Å². The normalized spacial score (nSPS) is 29.8. The van der Waals surface area contributed by atoms with Gasteiger partial charge in [-0.2, -0.15) is 0 Å². The largest absolute Gasteiger partial charge is 0.481 e. The number of unbranched alkanes of at least 4 members (excludes halogenated alkanes) is 3. The molecule has 3 fully saturated rings. The molecule has 0 spiro atoms. The van der Waals surface area contributed by atoms with Gasteiger partial charge in [-0.3, -0.25) is 4.79 Å². The summed E-state index contributed by atoms with van der Waals surface area (Å²) in [7, 11) is 0. The number of carboxylic acids is 1. The Kier molecular flexibility index (Phi) is 8.65. The van der Waals surface area contributed by atoms with Gasteiger partial charge in [-0.1, -0.05) is 50.5 Å². The number of ether oxygens (including phenoxy) is 2. The first-order valence-electron chi connectivity index (χ1n) is 9.64. The lowest BCUT2D eigenvalue weighted by molar-refractivity contribution is -0.337. The molecule has 2 N–H and O–H groups in total. The summed E-state index contributed by atoms with van der Waals surface area (Å²) in [5.41, 5.74) is 0. The Balaban J connectivity index is 1.76. The molecule has 0 radical (unpaired) electrons. The first-order chi connectivity index (χ1) is 12.1. The molecule has 142 valence electrons. The predicted octanol–water partition coefficient (Wildman–Crippen LogP) is 3.82. The smallest absolute Gasteiger partial charge is 0.303 e. The Bertz CT molecular complexity index is 453. The topological polar surface area (TPSA) is 76.0 Å². The molecule has 3 aliphatic rings. The van der Waals surface area contributed by atoms with Crippen LogP contribution in [0.25, 0.3) is 0 Å². The third-order valence-corrected chi connectivity index (χ3v) is 4.92. The second-order valence-electron chi connectivity index (χ2n) is 7.05. The van der Waals surface area contributed by atoms with Crippen LogP contribution in [0.4, 0.5) is 0 Å². The van der Waals surface area contributed by atoms with Crippen LogP contribution in [0.1, 0.15) is 64.7 Å². The highest BCUT2D eigenvalue weighted by atomic mass is 16.7. The zero-order valence-electron chi connectivity index (χ0n) is 15.2. The van der Waals surface area contributed by atoms with E-state index in [1.807, 2.05) is 18.2 Å². The maximum atomic E-state index is 10.5. The highest BCUT2D eigenvalue weighted by Gasteiger charge is 2.46. The van der Waals surface area contributed by atoms with E-state index >= 15 is 0 Å². The molecule has 3 heterocycles. The number of fused-ring (bicyclic) bond motifs is 2. The van der Waals surface area contributed by atoms with Crippen LogP contribution in [0, 0.1) is 5.92 Å².